The maximum atomic E-state index is 12.4. The van der Waals surface area contributed by atoms with E-state index in [1.54, 1.807) is 19.3 Å². The van der Waals surface area contributed by atoms with Crippen LogP contribution in [0.25, 0.3) is 10.9 Å². The van der Waals surface area contributed by atoms with Gasteiger partial charge in [0.15, 0.2) is 0 Å². The van der Waals surface area contributed by atoms with Crippen LogP contribution < -0.4 is 15.8 Å². The normalized spacial score (nSPS) is 17.0. The van der Waals surface area contributed by atoms with E-state index >= 15 is 0 Å². The molecule has 1 fully saturated rings. The molecule has 7 nitrogen and oxygen atoms in total. The van der Waals surface area contributed by atoms with Crippen molar-refractivity contribution in [2.75, 3.05) is 24.5 Å². The molecule has 1 atom stereocenters. The Morgan fingerprint density at radius 1 is 1.35 bits per heavy atom. The molecule has 26 heavy (non-hydrogen) atoms. The number of aromatic nitrogens is 3. The van der Waals surface area contributed by atoms with E-state index in [0.29, 0.717) is 18.2 Å². The van der Waals surface area contributed by atoms with Crippen molar-refractivity contribution in [1.29, 1.82) is 0 Å². The molecule has 3 aromatic rings. The highest BCUT2D eigenvalue weighted by Crippen LogP contribution is 2.22. The number of anilines is 1. The molecule has 1 aromatic carbocycles. The number of para-hydroxylation sites is 1. The third-order valence-electron chi connectivity index (χ3n) is 4.93. The number of aryl methyl sites for hydroxylation is 1. The molecule has 0 aliphatic carbocycles. The summed E-state index contributed by atoms with van der Waals surface area (Å²) < 4.78 is 1.32. The van der Waals surface area contributed by atoms with Crippen molar-refractivity contribution in [3.8, 4) is 0 Å². The standard InChI is InChI=1S/C19H21N5O2/c1-23-18(25)9-15(11-21-23)24-7-6-13(12-24)10-20-19(26)17-8-14-4-2-3-5-16(14)22-17/h2-5,8-9,11,13,22H,6-7,10,12H2,1H3,(H,20,26). The van der Waals surface area contributed by atoms with Crippen LogP contribution in [0, 0.1) is 5.92 Å². The van der Waals surface area contributed by atoms with E-state index in [2.05, 4.69) is 20.3 Å². The van der Waals surface area contributed by atoms with E-state index < -0.39 is 0 Å². The van der Waals surface area contributed by atoms with E-state index in [0.717, 1.165) is 36.1 Å². The van der Waals surface area contributed by atoms with Crippen LogP contribution >= 0.6 is 0 Å². The molecule has 2 N–H and O–H groups in total. The molecular formula is C19H21N5O2. The van der Waals surface area contributed by atoms with Crippen LogP contribution in [0.4, 0.5) is 5.69 Å². The lowest BCUT2D eigenvalue weighted by molar-refractivity contribution is 0.0944. The summed E-state index contributed by atoms with van der Waals surface area (Å²) >= 11 is 0. The van der Waals surface area contributed by atoms with Gasteiger partial charge in [-0.25, -0.2) is 4.68 Å². The number of nitrogens with zero attached hydrogens (tertiary/aromatic N) is 3. The van der Waals surface area contributed by atoms with Gasteiger partial charge in [-0.15, -0.1) is 0 Å². The van der Waals surface area contributed by atoms with Gasteiger partial charge in [-0.3, -0.25) is 9.59 Å². The predicted molar refractivity (Wildman–Crippen MR) is 100 cm³/mol. The van der Waals surface area contributed by atoms with Crippen molar-refractivity contribution < 1.29 is 4.79 Å². The minimum Gasteiger partial charge on any atom is -0.370 e. The van der Waals surface area contributed by atoms with Gasteiger partial charge in [0, 0.05) is 43.7 Å². The van der Waals surface area contributed by atoms with E-state index in [1.807, 2.05) is 30.3 Å². The zero-order valence-electron chi connectivity index (χ0n) is 14.6. The summed E-state index contributed by atoms with van der Waals surface area (Å²) in [5, 5.41) is 8.12. The molecule has 1 saturated heterocycles. The Kier molecular flexibility index (Phi) is 4.20. The highest BCUT2D eigenvalue weighted by molar-refractivity contribution is 5.97. The van der Waals surface area contributed by atoms with Gasteiger partial charge in [0.05, 0.1) is 11.9 Å². The van der Waals surface area contributed by atoms with Crippen molar-refractivity contribution in [3.63, 3.8) is 0 Å². The van der Waals surface area contributed by atoms with Gasteiger partial charge in [0.1, 0.15) is 5.69 Å². The van der Waals surface area contributed by atoms with Crippen molar-refractivity contribution in [2.24, 2.45) is 13.0 Å². The van der Waals surface area contributed by atoms with Crippen LogP contribution in [0.5, 0.6) is 0 Å². The number of benzene rings is 1. The number of hydrogen-bond donors (Lipinski definition) is 2. The summed E-state index contributed by atoms with van der Waals surface area (Å²) in [6.45, 7) is 2.28. The van der Waals surface area contributed by atoms with Gasteiger partial charge in [0.2, 0.25) is 0 Å². The van der Waals surface area contributed by atoms with E-state index in [9.17, 15) is 9.59 Å². The summed E-state index contributed by atoms with van der Waals surface area (Å²) in [4.78, 5) is 29.4. The fourth-order valence-electron chi connectivity index (χ4n) is 3.39. The molecule has 0 spiro atoms. The van der Waals surface area contributed by atoms with Crippen molar-refractivity contribution in [2.45, 2.75) is 6.42 Å². The largest absolute Gasteiger partial charge is 0.370 e. The number of nitrogens with one attached hydrogen (secondary N) is 2. The molecule has 0 radical (unpaired) electrons. The third kappa shape index (κ3) is 3.20. The average molecular weight is 351 g/mol. The van der Waals surface area contributed by atoms with Crippen LogP contribution in [0.1, 0.15) is 16.9 Å². The summed E-state index contributed by atoms with van der Waals surface area (Å²) in [5.41, 5.74) is 2.27. The average Bonchev–Trinajstić information content (AvgIpc) is 3.28. The van der Waals surface area contributed by atoms with Crippen LogP contribution in [0.3, 0.4) is 0 Å². The fraction of sp³-hybridized carbons (Fsp3) is 0.316. The van der Waals surface area contributed by atoms with Gasteiger partial charge in [-0.1, -0.05) is 18.2 Å². The minimum absolute atomic E-state index is 0.0881. The van der Waals surface area contributed by atoms with Crippen LogP contribution in [-0.2, 0) is 7.05 Å². The molecule has 1 aliphatic rings. The number of hydrogen-bond acceptors (Lipinski definition) is 4. The Morgan fingerprint density at radius 2 is 2.19 bits per heavy atom. The van der Waals surface area contributed by atoms with Crippen LogP contribution in [0.2, 0.25) is 0 Å². The number of carbonyl (C=O) groups is 1. The van der Waals surface area contributed by atoms with Gasteiger partial charge < -0.3 is 15.2 Å². The smallest absolute Gasteiger partial charge is 0.268 e. The molecule has 4 rings (SSSR count). The number of aromatic amines is 1. The summed E-state index contributed by atoms with van der Waals surface area (Å²) in [5.74, 6) is 0.266. The quantitative estimate of drug-likeness (QED) is 0.747. The maximum absolute atomic E-state index is 12.4. The first kappa shape index (κ1) is 16.4. The molecule has 0 bridgehead atoms. The molecule has 1 amide bonds. The second kappa shape index (κ2) is 6.67. The number of carbonyl (C=O) groups excluding carboxylic acids is 1. The summed E-state index contributed by atoms with van der Waals surface area (Å²) in [7, 11) is 1.64. The molecule has 0 saturated carbocycles. The molecule has 1 unspecified atom stereocenters. The zero-order chi connectivity index (χ0) is 18.1. The minimum atomic E-state index is -0.113. The first-order valence-electron chi connectivity index (χ1n) is 8.74. The lowest BCUT2D eigenvalue weighted by Gasteiger charge is -2.18. The van der Waals surface area contributed by atoms with Crippen molar-refractivity contribution in [1.82, 2.24) is 20.1 Å². The second-order valence-electron chi connectivity index (χ2n) is 6.76. The predicted octanol–water partition coefficient (Wildman–Crippen LogP) is 1.52. The van der Waals surface area contributed by atoms with Gasteiger partial charge >= 0.3 is 0 Å². The fourth-order valence-corrected chi connectivity index (χ4v) is 3.39. The molecule has 134 valence electrons. The highest BCUT2D eigenvalue weighted by Gasteiger charge is 2.24. The Bertz CT molecular complexity index is 973. The first-order chi connectivity index (χ1) is 12.6. The highest BCUT2D eigenvalue weighted by atomic mass is 16.2. The molecule has 1 aliphatic heterocycles. The van der Waals surface area contributed by atoms with E-state index in [4.69, 9.17) is 0 Å². The van der Waals surface area contributed by atoms with Gasteiger partial charge in [-0.2, -0.15) is 5.10 Å². The van der Waals surface area contributed by atoms with Gasteiger partial charge in [-0.05, 0) is 24.5 Å². The first-order valence-corrected chi connectivity index (χ1v) is 8.74. The molecule has 7 heteroatoms. The van der Waals surface area contributed by atoms with Crippen molar-refractivity contribution >= 4 is 22.5 Å². The zero-order valence-corrected chi connectivity index (χ0v) is 14.6. The summed E-state index contributed by atoms with van der Waals surface area (Å²) in [6.07, 6.45) is 2.69. The maximum Gasteiger partial charge on any atom is 0.268 e. The monoisotopic (exact) mass is 351 g/mol. The lowest BCUT2D eigenvalue weighted by Crippen LogP contribution is -2.31. The Morgan fingerprint density at radius 3 is 3.00 bits per heavy atom. The molecule has 2 aromatic heterocycles. The molecular weight excluding hydrogens is 330 g/mol. The van der Waals surface area contributed by atoms with Crippen molar-refractivity contribution in [3.05, 3.63) is 58.6 Å². The topological polar surface area (TPSA) is 83.0 Å². The number of fused-ring (bicyclic) bond motifs is 1. The SMILES string of the molecule is Cn1ncc(N2CCC(CNC(=O)c3cc4ccccc4[nH]3)C2)cc1=O. The number of amides is 1. The Labute approximate surface area is 150 Å². The van der Waals surface area contributed by atoms with E-state index in [-0.39, 0.29) is 11.5 Å². The van der Waals surface area contributed by atoms with E-state index in [1.165, 1.54) is 4.68 Å². The van der Waals surface area contributed by atoms with Crippen LogP contribution in [0.15, 0.2) is 47.4 Å². The summed E-state index contributed by atoms with van der Waals surface area (Å²) in [6, 6.07) is 11.3. The van der Waals surface area contributed by atoms with Crippen LogP contribution in [-0.4, -0.2) is 40.3 Å². The van der Waals surface area contributed by atoms with Gasteiger partial charge in [0.25, 0.3) is 11.5 Å². The number of H-pyrrole nitrogens is 1. The molecule has 3 heterocycles. The second-order valence-corrected chi connectivity index (χ2v) is 6.76. The lowest BCUT2D eigenvalue weighted by atomic mass is 10.1. The Hall–Kier alpha value is -3.09. The number of rotatable bonds is 4. The Balaban J connectivity index is 1.35. The third-order valence-corrected chi connectivity index (χ3v) is 4.93.